The van der Waals surface area contributed by atoms with Gasteiger partial charge in [-0.1, -0.05) is 35.4 Å². The van der Waals surface area contributed by atoms with Crippen LogP contribution >= 0.6 is 0 Å². The van der Waals surface area contributed by atoms with Gasteiger partial charge < -0.3 is 0 Å². The number of nitrogens with zero attached hydrogens (tertiary/aromatic N) is 2. The van der Waals surface area contributed by atoms with Gasteiger partial charge in [-0.25, -0.2) is 25.4 Å². The quantitative estimate of drug-likeness (QED) is 0.729. The van der Waals surface area contributed by atoms with Gasteiger partial charge in [-0.2, -0.15) is 0 Å². The number of carbonyl (C=O) groups excluding carboxylic acids is 2. The normalized spacial score (nSPS) is 15.8. The third-order valence-electron chi connectivity index (χ3n) is 4.33. The van der Waals surface area contributed by atoms with E-state index in [0.717, 1.165) is 11.1 Å². The molecule has 0 atom stereocenters. The highest BCUT2D eigenvalue weighted by atomic mass is 32.2. The lowest BCUT2D eigenvalue weighted by Gasteiger charge is -2.32. The maximum atomic E-state index is 12.7. The summed E-state index contributed by atoms with van der Waals surface area (Å²) in [5.41, 5.74) is 1.66. The Hall–Kier alpha value is -2.72. The van der Waals surface area contributed by atoms with Crippen LogP contribution in [0.25, 0.3) is 0 Å². The molecule has 2 amide bonds. The molecule has 3 rings (SSSR count). The molecule has 28 heavy (non-hydrogen) atoms. The SMILES string of the molecule is Cc1ccc(S(=O)(=O)N2CC(=O)N(S(=O)(=O)c3ccc(C)cc3)CC2=O)cc1. The summed E-state index contributed by atoms with van der Waals surface area (Å²) in [6.45, 7) is 1.81. The molecule has 0 aliphatic carbocycles. The number of rotatable bonds is 4. The van der Waals surface area contributed by atoms with E-state index in [1.54, 1.807) is 38.1 Å². The second-order valence-electron chi connectivity index (χ2n) is 6.44. The number of benzene rings is 2. The second kappa shape index (κ2) is 7.02. The number of hydrogen-bond donors (Lipinski definition) is 0. The summed E-state index contributed by atoms with van der Waals surface area (Å²) in [5.74, 6) is -1.98. The first-order valence-corrected chi connectivity index (χ1v) is 11.2. The van der Waals surface area contributed by atoms with Crippen molar-refractivity contribution in [3.8, 4) is 0 Å². The molecule has 1 fully saturated rings. The summed E-state index contributed by atoms with van der Waals surface area (Å²) >= 11 is 0. The molecule has 2 aromatic rings. The van der Waals surface area contributed by atoms with Crippen LogP contribution in [0.4, 0.5) is 0 Å². The molecule has 0 unspecified atom stereocenters. The fourth-order valence-electron chi connectivity index (χ4n) is 2.69. The minimum absolute atomic E-state index is 0.144. The molecule has 1 aliphatic rings. The van der Waals surface area contributed by atoms with Crippen LogP contribution in [0.15, 0.2) is 58.3 Å². The summed E-state index contributed by atoms with van der Waals surface area (Å²) in [5, 5.41) is 0. The first-order valence-electron chi connectivity index (χ1n) is 8.28. The van der Waals surface area contributed by atoms with Gasteiger partial charge in [0.25, 0.3) is 31.9 Å². The Morgan fingerprint density at radius 2 is 0.893 bits per heavy atom. The molecule has 0 N–H and O–H groups in total. The third kappa shape index (κ3) is 3.52. The Bertz CT molecular complexity index is 1040. The number of piperazine rings is 1. The minimum Gasteiger partial charge on any atom is -0.272 e. The van der Waals surface area contributed by atoms with Gasteiger partial charge in [0.2, 0.25) is 0 Å². The Morgan fingerprint density at radius 1 is 0.607 bits per heavy atom. The van der Waals surface area contributed by atoms with Gasteiger partial charge in [-0.05, 0) is 38.1 Å². The van der Waals surface area contributed by atoms with Crippen molar-refractivity contribution in [1.82, 2.24) is 8.61 Å². The van der Waals surface area contributed by atoms with E-state index >= 15 is 0 Å². The van der Waals surface area contributed by atoms with E-state index in [0.29, 0.717) is 8.61 Å². The molecule has 2 aromatic carbocycles. The van der Waals surface area contributed by atoms with Gasteiger partial charge in [0.15, 0.2) is 0 Å². The molecule has 1 aliphatic heterocycles. The molecule has 1 heterocycles. The van der Waals surface area contributed by atoms with E-state index in [-0.39, 0.29) is 9.79 Å². The Morgan fingerprint density at radius 3 is 1.18 bits per heavy atom. The van der Waals surface area contributed by atoms with Gasteiger partial charge in [-0.3, -0.25) is 9.59 Å². The molecule has 0 aromatic heterocycles. The average Bonchev–Trinajstić information content (AvgIpc) is 2.63. The standard InChI is InChI=1S/C18H18N2O6S2/c1-13-3-7-15(8-4-13)27(23,24)19-11-18(22)20(12-17(19)21)28(25,26)16-9-5-14(2)6-10-16/h3-10H,11-12H2,1-2H3. The van der Waals surface area contributed by atoms with Crippen molar-refractivity contribution in [1.29, 1.82) is 0 Å². The fourth-order valence-corrected chi connectivity index (χ4v) is 5.37. The third-order valence-corrected chi connectivity index (χ3v) is 7.89. The van der Waals surface area contributed by atoms with Crippen molar-refractivity contribution in [2.45, 2.75) is 23.6 Å². The van der Waals surface area contributed by atoms with Gasteiger partial charge in [0.1, 0.15) is 13.1 Å². The van der Waals surface area contributed by atoms with Crippen molar-refractivity contribution in [3.63, 3.8) is 0 Å². The zero-order valence-corrected chi connectivity index (χ0v) is 16.8. The van der Waals surface area contributed by atoms with Crippen LogP contribution in [0, 0.1) is 13.8 Å². The van der Waals surface area contributed by atoms with Gasteiger partial charge in [0.05, 0.1) is 9.79 Å². The highest BCUT2D eigenvalue weighted by Gasteiger charge is 2.42. The van der Waals surface area contributed by atoms with Gasteiger partial charge in [0, 0.05) is 0 Å². The van der Waals surface area contributed by atoms with Crippen molar-refractivity contribution in [2.24, 2.45) is 0 Å². The highest BCUT2D eigenvalue weighted by Crippen LogP contribution is 2.23. The summed E-state index contributed by atoms with van der Waals surface area (Å²) in [6.07, 6.45) is 0. The summed E-state index contributed by atoms with van der Waals surface area (Å²) in [7, 11) is -8.52. The average molecular weight is 422 g/mol. The van der Waals surface area contributed by atoms with Crippen LogP contribution in [-0.2, 0) is 29.6 Å². The highest BCUT2D eigenvalue weighted by molar-refractivity contribution is 7.90. The first kappa shape index (κ1) is 20.0. The predicted octanol–water partition coefficient (Wildman–Crippen LogP) is 1.05. The monoisotopic (exact) mass is 422 g/mol. The van der Waals surface area contributed by atoms with Crippen molar-refractivity contribution in [2.75, 3.05) is 13.1 Å². The van der Waals surface area contributed by atoms with Crippen molar-refractivity contribution >= 4 is 31.9 Å². The van der Waals surface area contributed by atoms with Crippen LogP contribution < -0.4 is 0 Å². The summed E-state index contributed by atoms with van der Waals surface area (Å²) in [6, 6.07) is 11.6. The van der Waals surface area contributed by atoms with E-state index in [1.807, 2.05) is 0 Å². The van der Waals surface area contributed by atoms with E-state index in [2.05, 4.69) is 0 Å². The zero-order chi connectivity index (χ0) is 20.7. The van der Waals surface area contributed by atoms with Crippen LogP contribution in [0.5, 0.6) is 0 Å². The number of carbonyl (C=O) groups is 2. The van der Waals surface area contributed by atoms with Crippen LogP contribution in [-0.4, -0.2) is 50.3 Å². The lowest BCUT2D eigenvalue weighted by atomic mass is 10.2. The van der Waals surface area contributed by atoms with Gasteiger partial charge in [-0.15, -0.1) is 0 Å². The molecule has 148 valence electrons. The van der Waals surface area contributed by atoms with Gasteiger partial charge >= 0.3 is 0 Å². The smallest absolute Gasteiger partial charge is 0.267 e. The second-order valence-corrected chi connectivity index (χ2v) is 10.2. The lowest BCUT2D eigenvalue weighted by Crippen LogP contribution is -2.56. The van der Waals surface area contributed by atoms with Crippen LogP contribution in [0.1, 0.15) is 11.1 Å². The van der Waals surface area contributed by atoms with E-state index in [9.17, 15) is 26.4 Å². The lowest BCUT2D eigenvalue weighted by molar-refractivity contribution is -0.141. The molecule has 0 radical (unpaired) electrons. The molecule has 0 bridgehead atoms. The Balaban J connectivity index is 1.90. The topological polar surface area (TPSA) is 109 Å². The molecule has 8 nitrogen and oxygen atoms in total. The first-order chi connectivity index (χ1) is 13.0. The number of amides is 2. The fraction of sp³-hybridized carbons (Fsp3) is 0.222. The molecule has 0 saturated carbocycles. The minimum atomic E-state index is -4.26. The maximum Gasteiger partial charge on any atom is 0.267 e. The predicted molar refractivity (Wildman–Crippen MR) is 100 cm³/mol. The molecular weight excluding hydrogens is 404 g/mol. The molecule has 1 saturated heterocycles. The van der Waals surface area contributed by atoms with Crippen molar-refractivity contribution < 1.29 is 26.4 Å². The number of hydrogen-bond acceptors (Lipinski definition) is 6. The zero-order valence-electron chi connectivity index (χ0n) is 15.2. The van der Waals surface area contributed by atoms with Crippen molar-refractivity contribution in [3.05, 3.63) is 59.7 Å². The summed E-state index contributed by atoms with van der Waals surface area (Å²) < 4.78 is 51.6. The van der Waals surface area contributed by atoms with E-state index in [4.69, 9.17) is 0 Å². The van der Waals surface area contributed by atoms with Crippen LogP contribution in [0.2, 0.25) is 0 Å². The molecular formula is C18H18N2O6S2. The maximum absolute atomic E-state index is 12.7. The molecule has 0 spiro atoms. The van der Waals surface area contributed by atoms with E-state index in [1.165, 1.54) is 24.3 Å². The number of aryl methyl sites for hydroxylation is 2. The largest absolute Gasteiger partial charge is 0.272 e. The number of sulfonamides is 2. The molecule has 10 heteroatoms. The van der Waals surface area contributed by atoms with E-state index < -0.39 is 45.0 Å². The Labute approximate surface area is 163 Å². The summed E-state index contributed by atoms with van der Waals surface area (Å²) in [4.78, 5) is 24.6. The van der Waals surface area contributed by atoms with Crippen LogP contribution in [0.3, 0.4) is 0 Å². The Kier molecular flexibility index (Phi) is 5.02.